The molecule has 0 radical (unpaired) electrons. The van der Waals surface area contributed by atoms with Crippen molar-refractivity contribution in [3.05, 3.63) is 71.3 Å². The fraction of sp³-hybridized carbons (Fsp3) is 0.316. The molecule has 0 heterocycles. The molecule has 0 aliphatic heterocycles. The largest absolute Gasteiger partial charge is 0.392 e. The van der Waals surface area contributed by atoms with E-state index in [0.717, 1.165) is 13.2 Å². The quantitative estimate of drug-likeness (QED) is 0.804. The van der Waals surface area contributed by atoms with E-state index in [9.17, 15) is 15.0 Å². The normalized spacial score (nSPS) is 11.3. The van der Waals surface area contributed by atoms with Crippen LogP contribution in [0, 0.1) is 0 Å². The third-order valence-electron chi connectivity index (χ3n) is 3.23. The highest BCUT2D eigenvalue weighted by Crippen LogP contribution is 2.20. The summed E-state index contributed by atoms with van der Waals surface area (Å²) in [5, 5.41) is 19.2. The summed E-state index contributed by atoms with van der Waals surface area (Å²) in [6, 6.07) is 15.5. The van der Waals surface area contributed by atoms with E-state index in [1.54, 1.807) is 48.5 Å². The second-order valence-electron chi connectivity index (χ2n) is 4.77. The second kappa shape index (κ2) is 10.7. The summed E-state index contributed by atoms with van der Waals surface area (Å²) in [7, 11) is 0. The van der Waals surface area contributed by atoms with E-state index in [0.29, 0.717) is 16.7 Å². The lowest BCUT2D eigenvalue weighted by atomic mass is 9.96. The molecule has 4 heteroatoms. The molecule has 0 aromatic heterocycles. The van der Waals surface area contributed by atoms with E-state index >= 15 is 0 Å². The molecule has 0 aliphatic rings. The van der Waals surface area contributed by atoms with Gasteiger partial charge in [-0.25, -0.2) is 0 Å². The molecule has 2 aromatic carbocycles. The number of rotatable bonds is 6. The predicted molar refractivity (Wildman–Crippen MR) is 90.3 cm³/mol. The smallest absolute Gasteiger partial charge is 0.196 e. The molecule has 2 aromatic rings. The van der Waals surface area contributed by atoms with Crippen LogP contribution in [0.3, 0.4) is 0 Å². The van der Waals surface area contributed by atoms with Gasteiger partial charge in [-0.1, -0.05) is 54.6 Å². The first-order chi connectivity index (χ1) is 11.2. The Bertz CT molecular complexity index is 579. The molecule has 1 atom stereocenters. The SMILES string of the molecule is CCOCC.O=C(c1ccccc1CO)C(O)c1ccccc1. The lowest BCUT2D eigenvalue weighted by Crippen LogP contribution is -2.14. The summed E-state index contributed by atoms with van der Waals surface area (Å²) in [5.41, 5.74) is 1.43. The lowest BCUT2D eigenvalue weighted by molar-refractivity contribution is 0.0744. The van der Waals surface area contributed by atoms with Gasteiger partial charge in [-0.05, 0) is 25.0 Å². The van der Waals surface area contributed by atoms with Gasteiger partial charge >= 0.3 is 0 Å². The Morgan fingerprint density at radius 2 is 1.57 bits per heavy atom. The molecule has 0 saturated carbocycles. The molecule has 23 heavy (non-hydrogen) atoms. The minimum atomic E-state index is -1.20. The van der Waals surface area contributed by atoms with Crippen LogP contribution in [-0.4, -0.2) is 29.2 Å². The van der Waals surface area contributed by atoms with Gasteiger partial charge in [0.2, 0.25) is 0 Å². The van der Waals surface area contributed by atoms with Gasteiger partial charge in [0, 0.05) is 18.8 Å². The number of hydrogen-bond donors (Lipinski definition) is 2. The van der Waals surface area contributed by atoms with Crippen molar-refractivity contribution >= 4 is 5.78 Å². The topological polar surface area (TPSA) is 66.8 Å². The van der Waals surface area contributed by atoms with Crippen LogP contribution >= 0.6 is 0 Å². The number of ether oxygens (including phenoxy) is 1. The van der Waals surface area contributed by atoms with Crippen molar-refractivity contribution in [1.29, 1.82) is 0 Å². The Labute approximate surface area is 137 Å². The molecule has 0 amide bonds. The van der Waals surface area contributed by atoms with E-state index in [1.807, 2.05) is 19.9 Å². The van der Waals surface area contributed by atoms with E-state index in [-0.39, 0.29) is 6.61 Å². The van der Waals surface area contributed by atoms with E-state index < -0.39 is 11.9 Å². The molecule has 2 rings (SSSR count). The molecular formula is C19H24O4. The average molecular weight is 316 g/mol. The zero-order chi connectivity index (χ0) is 17.1. The minimum Gasteiger partial charge on any atom is -0.392 e. The molecule has 0 saturated heterocycles. The Morgan fingerprint density at radius 3 is 2.09 bits per heavy atom. The van der Waals surface area contributed by atoms with Crippen LogP contribution in [0.2, 0.25) is 0 Å². The highest BCUT2D eigenvalue weighted by atomic mass is 16.5. The van der Waals surface area contributed by atoms with Crippen LogP contribution in [0.15, 0.2) is 54.6 Å². The van der Waals surface area contributed by atoms with Crippen LogP contribution in [-0.2, 0) is 11.3 Å². The van der Waals surface area contributed by atoms with Gasteiger partial charge in [-0.3, -0.25) is 4.79 Å². The third kappa shape index (κ3) is 5.94. The fourth-order valence-corrected chi connectivity index (χ4v) is 2.04. The van der Waals surface area contributed by atoms with Gasteiger partial charge in [0.1, 0.15) is 6.10 Å². The van der Waals surface area contributed by atoms with Gasteiger partial charge < -0.3 is 14.9 Å². The Kier molecular flexibility index (Phi) is 8.83. The highest BCUT2D eigenvalue weighted by molar-refractivity contribution is 6.01. The molecule has 1 unspecified atom stereocenters. The Morgan fingerprint density at radius 1 is 1.00 bits per heavy atom. The fourth-order valence-electron chi connectivity index (χ4n) is 2.04. The zero-order valence-corrected chi connectivity index (χ0v) is 13.6. The maximum atomic E-state index is 12.2. The average Bonchev–Trinajstić information content (AvgIpc) is 2.62. The van der Waals surface area contributed by atoms with Crippen LogP contribution in [0.4, 0.5) is 0 Å². The zero-order valence-electron chi connectivity index (χ0n) is 13.6. The summed E-state index contributed by atoms with van der Waals surface area (Å²) in [6.45, 7) is 5.45. The summed E-state index contributed by atoms with van der Waals surface area (Å²) in [6.07, 6.45) is -1.20. The molecule has 4 nitrogen and oxygen atoms in total. The van der Waals surface area contributed by atoms with Gasteiger partial charge in [-0.2, -0.15) is 0 Å². The number of ketones is 1. The van der Waals surface area contributed by atoms with Crippen molar-refractivity contribution in [1.82, 2.24) is 0 Å². The third-order valence-corrected chi connectivity index (χ3v) is 3.23. The maximum Gasteiger partial charge on any atom is 0.196 e. The van der Waals surface area contributed by atoms with Gasteiger partial charge in [0.25, 0.3) is 0 Å². The summed E-state index contributed by atoms with van der Waals surface area (Å²) in [4.78, 5) is 12.2. The minimum absolute atomic E-state index is 0.219. The second-order valence-corrected chi connectivity index (χ2v) is 4.77. The Balaban J connectivity index is 0.000000463. The first-order valence-corrected chi connectivity index (χ1v) is 7.69. The van der Waals surface area contributed by atoms with Crippen molar-refractivity contribution in [2.75, 3.05) is 13.2 Å². The first kappa shape index (κ1) is 19.0. The Hall–Kier alpha value is -2.01. The van der Waals surface area contributed by atoms with Gasteiger partial charge in [0.05, 0.1) is 6.61 Å². The molecular weight excluding hydrogens is 292 g/mol. The van der Waals surface area contributed by atoms with Gasteiger partial charge in [-0.15, -0.1) is 0 Å². The lowest BCUT2D eigenvalue weighted by Gasteiger charge is -2.12. The number of hydrogen-bond acceptors (Lipinski definition) is 4. The van der Waals surface area contributed by atoms with Crippen LogP contribution < -0.4 is 0 Å². The van der Waals surface area contributed by atoms with Crippen LogP contribution in [0.5, 0.6) is 0 Å². The van der Waals surface area contributed by atoms with Crippen LogP contribution in [0.1, 0.15) is 41.4 Å². The number of Topliss-reactive ketones (excluding diaryl/α,β-unsaturated/α-hetero) is 1. The molecule has 0 bridgehead atoms. The van der Waals surface area contributed by atoms with Crippen molar-refractivity contribution in [3.8, 4) is 0 Å². The number of aliphatic hydroxyl groups is 2. The van der Waals surface area contributed by atoms with Crippen molar-refractivity contribution in [2.45, 2.75) is 26.6 Å². The van der Waals surface area contributed by atoms with E-state index in [2.05, 4.69) is 0 Å². The number of carbonyl (C=O) groups excluding carboxylic acids is 1. The summed E-state index contributed by atoms with van der Waals surface area (Å²) >= 11 is 0. The number of carbonyl (C=O) groups is 1. The summed E-state index contributed by atoms with van der Waals surface area (Å²) < 4.78 is 4.83. The molecule has 0 fully saturated rings. The monoisotopic (exact) mass is 316 g/mol. The highest BCUT2D eigenvalue weighted by Gasteiger charge is 2.20. The van der Waals surface area contributed by atoms with Crippen molar-refractivity contribution in [3.63, 3.8) is 0 Å². The standard InChI is InChI=1S/C15H14O3.C4H10O/c16-10-12-8-4-5-9-13(12)15(18)14(17)11-6-2-1-3-7-11;1-3-5-4-2/h1-9,14,16-17H,10H2;3-4H2,1-2H3. The van der Waals surface area contributed by atoms with Crippen molar-refractivity contribution < 1.29 is 19.7 Å². The molecule has 0 spiro atoms. The van der Waals surface area contributed by atoms with Gasteiger partial charge in [0.15, 0.2) is 5.78 Å². The van der Waals surface area contributed by atoms with E-state index in [1.165, 1.54) is 0 Å². The molecule has 2 N–H and O–H groups in total. The van der Waals surface area contributed by atoms with E-state index in [4.69, 9.17) is 4.74 Å². The molecule has 0 aliphatic carbocycles. The predicted octanol–water partition coefficient (Wildman–Crippen LogP) is 3.14. The number of benzene rings is 2. The number of aliphatic hydroxyl groups excluding tert-OH is 2. The molecule has 124 valence electrons. The maximum absolute atomic E-state index is 12.2. The van der Waals surface area contributed by atoms with Crippen molar-refractivity contribution in [2.24, 2.45) is 0 Å². The first-order valence-electron chi connectivity index (χ1n) is 7.69. The van der Waals surface area contributed by atoms with Crippen LogP contribution in [0.25, 0.3) is 0 Å². The summed E-state index contributed by atoms with van der Waals surface area (Å²) in [5.74, 6) is -0.397.